The Kier molecular flexibility index (Phi) is 3.55. The Labute approximate surface area is 149 Å². The lowest BCUT2D eigenvalue weighted by atomic mass is 10.2. The number of fused-ring (bicyclic) bond motifs is 1. The lowest BCUT2D eigenvalue weighted by molar-refractivity contribution is 0.506. The van der Waals surface area contributed by atoms with Crippen LogP contribution >= 0.6 is 0 Å². The second-order valence-corrected chi connectivity index (χ2v) is 6.31. The van der Waals surface area contributed by atoms with Crippen LogP contribution in [0.4, 0.5) is 5.82 Å². The number of benzene rings is 1. The Bertz CT molecular complexity index is 1010. The minimum Gasteiger partial charge on any atom is -0.350 e. The molecule has 0 amide bonds. The summed E-state index contributed by atoms with van der Waals surface area (Å²) in [6, 6.07) is 10.2. The molecule has 1 saturated heterocycles. The maximum atomic E-state index is 4.53. The van der Waals surface area contributed by atoms with Gasteiger partial charge in [0.25, 0.3) is 0 Å². The number of anilines is 1. The van der Waals surface area contributed by atoms with Crippen LogP contribution in [0.1, 0.15) is 12.8 Å². The van der Waals surface area contributed by atoms with Crippen molar-refractivity contribution >= 4 is 17.0 Å². The second-order valence-electron chi connectivity index (χ2n) is 6.31. The standard InChI is InChI=1S/C17H17N9/c1-2-5-13(6-3-1)26-17-15(22-23-26)16(19-11-20-17)25-8-4-7-14(25)9-24-12-18-10-21-24/h1-3,5-6,10-12,14H,4,7-9H2. The minimum atomic E-state index is 0.302. The summed E-state index contributed by atoms with van der Waals surface area (Å²) in [7, 11) is 0. The van der Waals surface area contributed by atoms with Gasteiger partial charge in [-0.25, -0.2) is 15.0 Å². The summed E-state index contributed by atoms with van der Waals surface area (Å²) in [6.45, 7) is 1.71. The summed E-state index contributed by atoms with van der Waals surface area (Å²) in [5, 5.41) is 12.9. The van der Waals surface area contributed by atoms with Crippen molar-refractivity contribution in [3.8, 4) is 5.69 Å². The van der Waals surface area contributed by atoms with Gasteiger partial charge in [-0.2, -0.15) is 9.78 Å². The van der Waals surface area contributed by atoms with E-state index >= 15 is 0 Å². The molecule has 9 nitrogen and oxygen atoms in total. The molecular weight excluding hydrogens is 330 g/mol. The van der Waals surface area contributed by atoms with E-state index in [1.165, 1.54) is 0 Å². The second kappa shape index (κ2) is 6.17. The van der Waals surface area contributed by atoms with Gasteiger partial charge >= 0.3 is 0 Å². The molecule has 9 heteroatoms. The van der Waals surface area contributed by atoms with E-state index in [0.29, 0.717) is 11.7 Å². The van der Waals surface area contributed by atoms with Gasteiger partial charge in [-0.1, -0.05) is 23.4 Å². The van der Waals surface area contributed by atoms with Crippen LogP contribution in [0.15, 0.2) is 49.3 Å². The Morgan fingerprint density at radius 2 is 2.00 bits per heavy atom. The molecule has 1 aliphatic heterocycles. The van der Waals surface area contributed by atoms with Crippen LogP contribution in [0.2, 0.25) is 0 Å². The minimum absolute atomic E-state index is 0.302. The van der Waals surface area contributed by atoms with Crippen LogP contribution < -0.4 is 4.90 Å². The topological polar surface area (TPSA) is 90.4 Å². The molecule has 1 fully saturated rings. The molecular formula is C17H17N9. The van der Waals surface area contributed by atoms with Crippen LogP contribution in [-0.4, -0.2) is 52.3 Å². The highest BCUT2D eigenvalue weighted by Crippen LogP contribution is 2.29. The molecule has 1 aliphatic rings. The number of nitrogens with zero attached hydrogens (tertiary/aromatic N) is 9. The first kappa shape index (κ1) is 14.9. The van der Waals surface area contributed by atoms with Gasteiger partial charge in [0.1, 0.15) is 19.0 Å². The third kappa shape index (κ3) is 2.48. The van der Waals surface area contributed by atoms with Crippen LogP contribution in [0.25, 0.3) is 16.9 Å². The fourth-order valence-corrected chi connectivity index (χ4v) is 3.54. The fourth-order valence-electron chi connectivity index (χ4n) is 3.54. The van der Waals surface area contributed by atoms with E-state index in [4.69, 9.17) is 0 Å². The van der Waals surface area contributed by atoms with Gasteiger partial charge in [0.15, 0.2) is 17.0 Å². The highest BCUT2D eigenvalue weighted by atomic mass is 15.5. The van der Waals surface area contributed by atoms with Gasteiger partial charge in [-0.3, -0.25) is 4.68 Å². The van der Waals surface area contributed by atoms with Gasteiger partial charge in [-0.05, 0) is 25.0 Å². The van der Waals surface area contributed by atoms with Crippen molar-refractivity contribution in [1.82, 2.24) is 39.7 Å². The highest BCUT2D eigenvalue weighted by Gasteiger charge is 2.29. The monoisotopic (exact) mass is 347 g/mol. The van der Waals surface area contributed by atoms with E-state index in [1.807, 2.05) is 35.0 Å². The van der Waals surface area contributed by atoms with Crippen molar-refractivity contribution in [1.29, 1.82) is 0 Å². The number of hydrogen-bond donors (Lipinski definition) is 0. The lowest BCUT2D eigenvalue weighted by Gasteiger charge is -2.25. The molecule has 130 valence electrons. The molecule has 26 heavy (non-hydrogen) atoms. The number of rotatable bonds is 4. The summed E-state index contributed by atoms with van der Waals surface area (Å²) in [5.74, 6) is 0.833. The zero-order chi connectivity index (χ0) is 17.3. The smallest absolute Gasteiger partial charge is 0.189 e. The van der Waals surface area contributed by atoms with Crippen LogP contribution in [0.5, 0.6) is 0 Å². The summed E-state index contributed by atoms with van der Waals surface area (Å²) in [6.07, 6.45) is 7.09. The van der Waals surface area contributed by atoms with Gasteiger partial charge in [0.2, 0.25) is 0 Å². The molecule has 0 aliphatic carbocycles. The van der Waals surface area contributed by atoms with Gasteiger partial charge in [-0.15, -0.1) is 5.10 Å². The SMILES string of the molecule is c1ccc(-n2nnc3c(N4CCCC4Cn4cncn4)ncnc32)cc1. The Balaban J connectivity index is 1.54. The molecule has 0 spiro atoms. The molecule has 0 bridgehead atoms. The van der Waals surface area contributed by atoms with Gasteiger partial charge < -0.3 is 4.90 Å². The number of hydrogen-bond acceptors (Lipinski definition) is 7. The maximum Gasteiger partial charge on any atom is 0.189 e. The molecule has 0 radical (unpaired) electrons. The van der Waals surface area contributed by atoms with E-state index in [2.05, 4.69) is 35.3 Å². The zero-order valence-electron chi connectivity index (χ0n) is 14.0. The molecule has 1 unspecified atom stereocenters. The molecule has 4 heterocycles. The van der Waals surface area contributed by atoms with E-state index in [1.54, 1.807) is 23.7 Å². The highest BCUT2D eigenvalue weighted by molar-refractivity contribution is 5.83. The molecule has 5 rings (SSSR count). The molecule has 0 saturated carbocycles. The third-order valence-electron chi connectivity index (χ3n) is 4.73. The summed E-state index contributed by atoms with van der Waals surface area (Å²) in [5.41, 5.74) is 2.37. The normalized spacial score (nSPS) is 17.2. The van der Waals surface area contributed by atoms with Crippen molar-refractivity contribution in [3.05, 3.63) is 49.3 Å². The van der Waals surface area contributed by atoms with Crippen molar-refractivity contribution in [2.75, 3.05) is 11.4 Å². The molecule has 1 atom stereocenters. The Morgan fingerprint density at radius 3 is 2.85 bits per heavy atom. The van der Waals surface area contributed by atoms with Crippen LogP contribution in [0, 0.1) is 0 Å². The molecule has 0 N–H and O–H groups in total. The molecule has 4 aromatic rings. The first-order valence-electron chi connectivity index (χ1n) is 8.61. The van der Waals surface area contributed by atoms with Crippen LogP contribution in [0.3, 0.4) is 0 Å². The van der Waals surface area contributed by atoms with Crippen molar-refractivity contribution in [2.45, 2.75) is 25.4 Å². The lowest BCUT2D eigenvalue weighted by Crippen LogP contribution is -2.34. The summed E-state index contributed by atoms with van der Waals surface area (Å²) >= 11 is 0. The predicted octanol–water partition coefficient (Wildman–Crippen LogP) is 1.47. The first-order valence-corrected chi connectivity index (χ1v) is 8.61. The molecule has 3 aromatic heterocycles. The van der Waals surface area contributed by atoms with Crippen molar-refractivity contribution in [2.24, 2.45) is 0 Å². The summed E-state index contributed by atoms with van der Waals surface area (Å²) < 4.78 is 3.62. The Hall–Kier alpha value is -3.36. The van der Waals surface area contributed by atoms with E-state index in [-0.39, 0.29) is 0 Å². The van der Waals surface area contributed by atoms with E-state index < -0.39 is 0 Å². The van der Waals surface area contributed by atoms with E-state index in [9.17, 15) is 0 Å². The number of aromatic nitrogens is 8. The largest absolute Gasteiger partial charge is 0.350 e. The zero-order valence-corrected chi connectivity index (χ0v) is 14.0. The van der Waals surface area contributed by atoms with Crippen LogP contribution in [-0.2, 0) is 6.54 Å². The third-order valence-corrected chi connectivity index (χ3v) is 4.73. The fraction of sp³-hybridized carbons (Fsp3) is 0.294. The maximum absolute atomic E-state index is 4.53. The predicted molar refractivity (Wildman–Crippen MR) is 94.8 cm³/mol. The van der Waals surface area contributed by atoms with Crippen molar-refractivity contribution in [3.63, 3.8) is 0 Å². The van der Waals surface area contributed by atoms with Gasteiger partial charge in [0, 0.05) is 6.54 Å². The Morgan fingerprint density at radius 1 is 1.08 bits per heavy atom. The van der Waals surface area contributed by atoms with E-state index in [0.717, 1.165) is 43.0 Å². The number of para-hydroxylation sites is 1. The average Bonchev–Trinajstić information content (AvgIpc) is 3.43. The quantitative estimate of drug-likeness (QED) is 0.552. The molecule has 1 aromatic carbocycles. The average molecular weight is 347 g/mol. The first-order chi connectivity index (χ1) is 12.9. The van der Waals surface area contributed by atoms with Gasteiger partial charge in [0.05, 0.1) is 18.3 Å². The van der Waals surface area contributed by atoms with Crippen molar-refractivity contribution < 1.29 is 0 Å². The summed E-state index contributed by atoms with van der Waals surface area (Å²) in [4.78, 5) is 15.3.